The maximum Gasteiger partial charge on any atom is 0.311 e. The molecular formula is C17H26O4. The molecule has 118 valence electrons. The molecule has 0 aliphatic heterocycles. The summed E-state index contributed by atoms with van der Waals surface area (Å²) in [5, 5.41) is 9.95. The van der Waals surface area contributed by atoms with Crippen molar-refractivity contribution < 1.29 is 19.4 Å². The van der Waals surface area contributed by atoms with E-state index in [1.54, 1.807) is 0 Å². The lowest BCUT2D eigenvalue weighted by atomic mass is 9.83. The van der Waals surface area contributed by atoms with Crippen LogP contribution < -0.4 is 0 Å². The van der Waals surface area contributed by atoms with Crippen molar-refractivity contribution in [1.29, 1.82) is 0 Å². The summed E-state index contributed by atoms with van der Waals surface area (Å²) in [7, 11) is 0. The first-order valence-corrected chi connectivity index (χ1v) is 8.32. The van der Waals surface area contributed by atoms with Gasteiger partial charge in [-0.15, -0.1) is 0 Å². The van der Waals surface area contributed by atoms with Gasteiger partial charge in [-0.3, -0.25) is 4.79 Å². The van der Waals surface area contributed by atoms with Crippen molar-refractivity contribution in [3.05, 3.63) is 12.2 Å². The average Bonchev–Trinajstić information content (AvgIpc) is 3.03. The fourth-order valence-corrected chi connectivity index (χ4v) is 4.19. The van der Waals surface area contributed by atoms with Gasteiger partial charge in [-0.2, -0.15) is 0 Å². The number of carbonyl (C=O) groups is 1. The summed E-state index contributed by atoms with van der Waals surface area (Å²) in [6.07, 6.45) is 11.1. The van der Waals surface area contributed by atoms with E-state index in [-0.39, 0.29) is 36.1 Å². The molecule has 4 nitrogen and oxygen atoms in total. The summed E-state index contributed by atoms with van der Waals surface area (Å²) >= 11 is 0. The topological polar surface area (TPSA) is 55.8 Å². The van der Waals surface area contributed by atoms with E-state index >= 15 is 0 Å². The first-order valence-electron chi connectivity index (χ1n) is 8.32. The van der Waals surface area contributed by atoms with Gasteiger partial charge in [0.25, 0.3) is 0 Å². The molecular weight excluding hydrogens is 268 g/mol. The second-order valence-electron chi connectivity index (χ2n) is 6.78. The minimum Gasteiger partial charge on any atom is -0.438 e. The van der Waals surface area contributed by atoms with Gasteiger partial charge in [0.15, 0.2) is 6.79 Å². The lowest BCUT2D eigenvalue weighted by Gasteiger charge is -2.36. The van der Waals surface area contributed by atoms with E-state index in [9.17, 15) is 9.90 Å². The molecule has 0 spiro atoms. The minimum atomic E-state index is -0.399. The Morgan fingerprint density at radius 3 is 2.62 bits per heavy atom. The monoisotopic (exact) mass is 294 g/mol. The summed E-state index contributed by atoms with van der Waals surface area (Å²) in [4.78, 5) is 12.2. The van der Waals surface area contributed by atoms with Crippen LogP contribution in [-0.4, -0.2) is 29.6 Å². The lowest BCUT2D eigenvalue weighted by Crippen LogP contribution is -2.36. The Labute approximate surface area is 126 Å². The van der Waals surface area contributed by atoms with Gasteiger partial charge in [-0.25, -0.2) is 0 Å². The molecule has 0 aromatic heterocycles. The van der Waals surface area contributed by atoms with Crippen LogP contribution in [0.3, 0.4) is 0 Å². The number of fused-ring (bicyclic) bond motifs is 2. The van der Waals surface area contributed by atoms with Crippen LogP contribution in [0.4, 0.5) is 0 Å². The Kier molecular flexibility index (Phi) is 4.36. The van der Waals surface area contributed by atoms with Gasteiger partial charge in [0, 0.05) is 11.8 Å². The van der Waals surface area contributed by atoms with Crippen LogP contribution >= 0.6 is 0 Å². The molecule has 21 heavy (non-hydrogen) atoms. The van der Waals surface area contributed by atoms with Gasteiger partial charge in [0.1, 0.15) is 0 Å². The van der Waals surface area contributed by atoms with Crippen molar-refractivity contribution in [1.82, 2.24) is 0 Å². The number of esters is 1. The Morgan fingerprint density at radius 2 is 2.05 bits per heavy atom. The number of hydrogen-bond donors (Lipinski definition) is 1. The first kappa shape index (κ1) is 15.0. The van der Waals surface area contributed by atoms with E-state index in [1.807, 2.05) is 12.2 Å². The van der Waals surface area contributed by atoms with Crippen LogP contribution in [0.1, 0.15) is 51.9 Å². The third-order valence-electron chi connectivity index (χ3n) is 5.68. The highest BCUT2D eigenvalue weighted by Gasteiger charge is 2.47. The van der Waals surface area contributed by atoms with Gasteiger partial charge in [0.2, 0.25) is 0 Å². The minimum absolute atomic E-state index is 0.0559. The molecule has 0 aromatic carbocycles. The highest BCUT2D eigenvalue weighted by atomic mass is 16.7. The Bertz CT molecular complexity index is 411. The number of rotatable bonds is 5. The normalized spacial score (nSPS) is 36.9. The zero-order chi connectivity index (χ0) is 14.9. The molecule has 0 amide bonds. The highest BCUT2D eigenvalue weighted by molar-refractivity contribution is 5.74. The zero-order valence-electron chi connectivity index (χ0n) is 12.8. The van der Waals surface area contributed by atoms with Gasteiger partial charge >= 0.3 is 5.97 Å². The van der Waals surface area contributed by atoms with E-state index in [0.717, 1.165) is 19.3 Å². The quantitative estimate of drug-likeness (QED) is 0.481. The molecule has 3 aliphatic carbocycles. The Morgan fingerprint density at radius 1 is 1.29 bits per heavy atom. The van der Waals surface area contributed by atoms with Gasteiger partial charge in [-0.1, -0.05) is 38.3 Å². The van der Waals surface area contributed by atoms with Crippen molar-refractivity contribution >= 4 is 5.97 Å². The van der Waals surface area contributed by atoms with Crippen molar-refractivity contribution in [2.45, 2.75) is 63.6 Å². The number of hydrogen-bond acceptors (Lipinski definition) is 4. The fraction of sp³-hybridized carbons (Fsp3) is 0.824. The molecule has 0 aromatic rings. The molecule has 2 saturated carbocycles. The number of aliphatic hydroxyl groups is 1. The molecule has 0 radical (unpaired) electrons. The second kappa shape index (κ2) is 6.09. The standard InChI is InChI=1S/C17H26O4/c1-2-17(8-4-3-5-9-17)21-11-20-16(19)14-10-12-6-7-13(14)15(12)18/h6-7,12-15,18H,2-5,8-11H2,1H3. The van der Waals surface area contributed by atoms with Crippen LogP contribution in [0.15, 0.2) is 12.2 Å². The van der Waals surface area contributed by atoms with Crippen molar-refractivity contribution in [2.24, 2.45) is 17.8 Å². The summed E-state index contributed by atoms with van der Waals surface area (Å²) < 4.78 is 11.3. The molecule has 0 heterocycles. The number of ether oxygens (including phenoxy) is 2. The first-order chi connectivity index (χ1) is 10.2. The molecule has 1 N–H and O–H groups in total. The highest BCUT2D eigenvalue weighted by Crippen LogP contribution is 2.44. The Hall–Kier alpha value is -0.870. The molecule has 0 saturated heterocycles. The largest absolute Gasteiger partial charge is 0.438 e. The molecule has 2 bridgehead atoms. The molecule has 4 heteroatoms. The predicted octanol–water partition coefficient (Wildman–Crippen LogP) is 2.80. The summed E-state index contributed by atoms with van der Waals surface area (Å²) in [6.45, 7) is 2.20. The van der Waals surface area contributed by atoms with E-state index in [2.05, 4.69) is 6.92 Å². The molecule has 4 unspecified atom stereocenters. The predicted molar refractivity (Wildman–Crippen MR) is 78.4 cm³/mol. The smallest absolute Gasteiger partial charge is 0.311 e. The number of aliphatic hydroxyl groups excluding tert-OH is 1. The van der Waals surface area contributed by atoms with Crippen LogP contribution in [0.5, 0.6) is 0 Å². The lowest BCUT2D eigenvalue weighted by molar-refractivity contribution is -0.183. The SMILES string of the molecule is CCC1(OCOC(=O)C2CC3C=CC2C3O)CCCCC1. The van der Waals surface area contributed by atoms with Gasteiger partial charge < -0.3 is 14.6 Å². The van der Waals surface area contributed by atoms with Crippen LogP contribution in [0.2, 0.25) is 0 Å². The summed E-state index contributed by atoms with van der Waals surface area (Å²) in [5.41, 5.74) is -0.0906. The van der Waals surface area contributed by atoms with Crippen LogP contribution in [-0.2, 0) is 14.3 Å². The Balaban J connectivity index is 1.47. The fourth-order valence-electron chi connectivity index (χ4n) is 4.19. The maximum absolute atomic E-state index is 12.2. The van der Waals surface area contributed by atoms with Crippen LogP contribution in [0.25, 0.3) is 0 Å². The average molecular weight is 294 g/mol. The van der Waals surface area contributed by atoms with Gasteiger partial charge in [-0.05, 0) is 25.7 Å². The number of carbonyl (C=O) groups excluding carboxylic acids is 1. The van der Waals surface area contributed by atoms with Crippen molar-refractivity contribution in [3.63, 3.8) is 0 Å². The van der Waals surface area contributed by atoms with E-state index in [0.29, 0.717) is 6.42 Å². The molecule has 3 aliphatic rings. The summed E-state index contributed by atoms with van der Waals surface area (Å²) in [5.74, 6) is -0.332. The second-order valence-corrected chi connectivity index (χ2v) is 6.78. The maximum atomic E-state index is 12.2. The molecule has 3 rings (SSSR count). The summed E-state index contributed by atoms with van der Waals surface area (Å²) in [6, 6.07) is 0. The van der Waals surface area contributed by atoms with Gasteiger partial charge in [0.05, 0.1) is 17.6 Å². The third-order valence-corrected chi connectivity index (χ3v) is 5.68. The van der Waals surface area contributed by atoms with E-state index < -0.39 is 6.10 Å². The van der Waals surface area contributed by atoms with Crippen LogP contribution in [0, 0.1) is 17.8 Å². The molecule has 2 fully saturated rings. The van der Waals surface area contributed by atoms with Crippen molar-refractivity contribution in [2.75, 3.05) is 6.79 Å². The third kappa shape index (κ3) is 2.88. The van der Waals surface area contributed by atoms with E-state index in [4.69, 9.17) is 9.47 Å². The van der Waals surface area contributed by atoms with Crippen molar-refractivity contribution in [3.8, 4) is 0 Å². The molecule has 4 atom stereocenters. The zero-order valence-corrected chi connectivity index (χ0v) is 12.8. The van der Waals surface area contributed by atoms with E-state index in [1.165, 1.54) is 19.3 Å².